The van der Waals surface area contributed by atoms with Gasteiger partial charge in [0.05, 0.1) is 11.9 Å². The zero-order chi connectivity index (χ0) is 18.7. The van der Waals surface area contributed by atoms with E-state index in [1.54, 1.807) is 20.7 Å². The van der Waals surface area contributed by atoms with E-state index >= 15 is 0 Å². The number of benzene rings is 1. The van der Waals surface area contributed by atoms with Crippen LogP contribution in [0.2, 0.25) is 0 Å². The number of amides is 2. The van der Waals surface area contributed by atoms with E-state index in [1.807, 2.05) is 51.1 Å². The van der Waals surface area contributed by atoms with Crippen LogP contribution in [-0.4, -0.2) is 68.6 Å². The van der Waals surface area contributed by atoms with E-state index in [-0.39, 0.29) is 12.0 Å². The largest absolute Gasteiger partial charge is 0.444 e. The zero-order valence-electron chi connectivity index (χ0n) is 15.3. The molecule has 1 aliphatic heterocycles. The summed E-state index contributed by atoms with van der Waals surface area (Å²) >= 11 is 0. The number of nitrogens with zero attached hydrogens (tertiary/aromatic N) is 5. The highest BCUT2D eigenvalue weighted by Crippen LogP contribution is 2.13. The van der Waals surface area contributed by atoms with Crippen LogP contribution in [0.5, 0.6) is 0 Å². The van der Waals surface area contributed by atoms with Crippen molar-refractivity contribution in [1.82, 2.24) is 24.8 Å². The third-order valence-corrected chi connectivity index (χ3v) is 3.95. The second-order valence-electron chi connectivity index (χ2n) is 7.14. The molecule has 0 aliphatic carbocycles. The molecule has 0 atom stereocenters. The van der Waals surface area contributed by atoms with Gasteiger partial charge in [0.1, 0.15) is 5.60 Å². The molecule has 0 spiro atoms. The van der Waals surface area contributed by atoms with Crippen molar-refractivity contribution in [2.75, 3.05) is 26.2 Å². The number of hydrogen-bond acceptors (Lipinski definition) is 5. The third kappa shape index (κ3) is 4.19. The average Bonchev–Trinajstić information content (AvgIpc) is 3.11. The molecule has 0 unspecified atom stereocenters. The summed E-state index contributed by atoms with van der Waals surface area (Å²) in [7, 11) is 0. The number of piperazine rings is 1. The van der Waals surface area contributed by atoms with Gasteiger partial charge in [0, 0.05) is 26.2 Å². The fourth-order valence-corrected chi connectivity index (χ4v) is 2.65. The summed E-state index contributed by atoms with van der Waals surface area (Å²) in [5, 5.41) is 8.01. The Morgan fingerprint density at radius 1 is 1.00 bits per heavy atom. The number of carbonyl (C=O) groups excluding carboxylic acids is 2. The Bertz CT molecular complexity index is 774. The van der Waals surface area contributed by atoms with Gasteiger partial charge < -0.3 is 14.5 Å². The molecule has 2 aromatic rings. The van der Waals surface area contributed by atoms with Gasteiger partial charge in [-0.05, 0) is 32.9 Å². The van der Waals surface area contributed by atoms with E-state index in [9.17, 15) is 9.59 Å². The predicted molar refractivity (Wildman–Crippen MR) is 95.1 cm³/mol. The van der Waals surface area contributed by atoms with Crippen molar-refractivity contribution in [2.45, 2.75) is 26.4 Å². The first-order chi connectivity index (χ1) is 12.3. The molecule has 2 amide bonds. The topological polar surface area (TPSA) is 80.6 Å². The molecule has 1 aromatic carbocycles. The monoisotopic (exact) mass is 357 g/mol. The number of ether oxygens (including phenoxy) is 1. The minimum Gasteiger partial charge on any atom is -0.444 e. The smallest absolute Gasteiger partial charge is 0.410 e. The Kier molecular flexibility index (Phi) is 4.92. The Balaban J connectivity index is 1.59. The van der Waals surface area contributed by atoms with Gasteiger partial charge >= 0.3 is 6.09 Å². The minimum absolute atomic E-state index is 0.184. The summed E-state index contributed by atoms with van der Waals surface area (Å²) in [6, 6.07) is 9.49. The van der Waals surface area contributed by atoms with Crippen molar-refractivity contribution in [3.63, 3.8) is 0 Å². The van der Waals surface area contributed by atoms with Crippen LogP contribution in [0, 0.1) is 0 Å². The number of hydrogen-bond donors (Lipinski definition) is 0. The van der Waals surface area contributed by atoms with Crippen molar-refractivity contribution in [1.29, 1.82) is 0 Å². The van der Waals surface area contributed by atoms with Crippen molar-refractivity contribution < 1.29 is 14.3 Å². The van der Waals surface area contributed by atoms with Crippen molar-refractivity contribution in [3.05, 3.63) is 42.2 Å². The molecule has 8 heteroatoms. The molecule has 0 saturated carbocycles. The summed E-state index contributed by atoms with van der Waals surface area (Å²) in [6.07, 6.45) is 1.28. The lowest BCUT2D eigenvalue weighted by Gasteiger charge is -2.35. The molecule has 138 valence electrons. The van der Waals surface area contributed by atoms with Crippen LogP contribution in [0.15, 0.2) is 36.5 Å². The highest BCUT2D eigenvalue weighted by molar-refractivity contribution is 5.92. The number of aromatic nitrogens is 3. The molecule has 1 fully saturated rings. The lowest BCUT2D eigenvalue weighted by Crippen LogP contribution is -2.51. The molecule has 0 radical (unpaired) electrons. The maximum Gasteiger partial charge on any atom is 0.410 e. The first-order valence-corrected chi connectivity index (χ1v) is 8.58. The molecule has 1 saturated heterocycles. The Hall–Kier alpha value is -2.90. The average molecular weight is 357 g/mol. The molecule has 1 aromatic heterocycles. The minimum atomic E-state index is -0.528. The third-order valence-electron chi connectivity index (χ3n) is 3.95. The predicted octanol–water partition coefficient (Wildman–Crippen LogP) is 1.96. The van der Waals surface area contributed by atoms with E-state index in [4.69, 9.17) is 4.74 Å². The van der Waals surface area contributed by atoms with Gasteiger partial charge in [-0.3, -0.25) is 4.79 Å². The number of para-hydroxylation sites is 1. The molecule has 0 N–H and O–H groups in total. The van der Waals surface area contributed by atoms with E-state index in [2.05, 4.69) is 10.3 Å². The van der Waals surface area contributed by atoms with Crippen molar-refractivity contribution >= 4 is 12.0 Å². The summed E-state index contributed by atoms with van der Waals surface area (Å²) in [4.78, 5) is 28.0. The molecular weight excluding hydrogens is 334 g/mol. The van der Waals surface area contributed by atoms with E-state index in [0.717, 1.165) is 5.69 Å². The molecule has 26 heavy (non-hydrogen) atoms. The van der Waals surface area contributed by atoms with Crippen molar-refractivity contribution in [2.24, 2.45) is 0 Å². The fraction of sp³-hybridized carbons (Fsp3) is 0.444. The lowest BCUT2D eigenvalue weighted by molar-refractivity contribution is 0.0140. The van der Waals surface area contributed by atoms with Crippen LogP contribution in [0.25, 0.3) is 5.69 Å². The maximum atomic E-state index is 12.6. The number of rotatable bonds is 2. The highest BCUT2D eigenvalue weighted by atomic mass is 16.6. The zero-order valence-corrected chi connectivity index (χ0v) is 15.3. The van der Waals surface area contributed by atoms with Crippen LogP contribution in [0.3, 0.4) is 0 Å². The Labute approximate surface area is 152 Å². The van der Waals surface area contributed by atoms with Gasteiger partial charge in [-0.2, -0.15) is 0 Å². The van der Waals surface area contributed by atoms with Crippen molar-refractivity contribution in [3.8, 4) is 5.69 Å². The summed E-state index contributed by atoms with van der Waals surface area (Å²) in [6.45, 7) is 7.26. The number of carbonyl (C=O) groups is 2. The SMILES string of the molecule is CC(C)(C)OC(=O)N1CCN(C(=O)c2cn(-c3ccccc3)nn2)CC1. The summed E-state index contributed by atoms with van der Waals surface area (Å²) in [5.74, 6) is -0.184. The van der Waals surface area contributed by atoms with E-state index < -0.39 is 5.60 Å². The first-order valence-electron chi connectivity index (χ1n) is 8.58. The van der Waals surface area contributed by atoms with Crippen LogP contribution >= 0.6 is 0 Å². The van der Waals surface area contributed by atoms with Crippen LogP contribution in [-0.2, 0) is 4.74 Å². The van der Waals surface area contributed by atoms with Gasteiger partial charge in [0.15, 0.2) is 5.69 Å². The quantitative estimate of drug-likeness (QED) is 0.821. The Morgan fingerprint density at radius 2 is 1.62 bits per heavy atom. The lowest BCUT2D eigenvalue weighted by atomic mass is 10.2. The molecule has 2 heterocycles. The molecule has 0 bridgehead atoms. The fourth-order valence-electron chi connectivity index (χ4n) is 2.65. The van der Waals surface area contributed by atoms with Gasteiger partial charge in [0.25, 0.3) is 5.91 Å². The molecule has 1 aliphatic rings. The normalized spacial score (nSPS) is 15.0. The van der Waals surface area contributed by atoms with Crippen LogP contribution in [0.1, 0.15) is 31.3 Å². The van der Waals surface area contributed by atoms with E-state index in [0.29, 0.717) is 31.9 Å². The Morgan fingerprint density at radius 3 is 2.23 bits per heavy atom. The van der Waals surface area contributed by atoms with Gasteiger partial charge in [-0.25, -0.2) is 9.48 Å². The highest BCUT2D eigenvalue weighted by Gasteiger charge is 2.29. The maximum absolute atomic E-state index is 12.6. The molecular formula is C18H23N5O3. The molecule has 3 rings (SSSR count). The second-order valence-corrected chi connectivity index (χ2v) is 7.14. The van der Waals surface area contributed by atoms with Crippen LogP contribution in [0.4, 0.5) is 4.79 Å². The standard InChI is InChI=1S/C18H23N5O3/c1-18(2,3)26-17(25)22-11-9-21(10-12-22)16(24)15-13-23(20-19-15)14-7-5-4-6-8-14/h4-8,13H,9-12H2,1-3H3. The first kappa shape index (κ1) is 17.9. The van der Waals surface area contributed by atoms with Gasteiger partial charge in [0.2, 0.25) is 0 Å². The summed E-state index contributed by atoms with van der Waals surface area (Å²) in [5.41, 5.74) is 0.605. The van der Waals surface area contributed by atoms with E-state index in [1.165, 1.54) is 0 Å². The van der Waals surface area contributed by atoms with Gasteiger partial charge in [-0.15, -0.1) is 5.10 Å². The molecule has 8 nitrogen and oxygen atoms in total. The van der Waals surface area contributed by atoms with Gasteiger partial charge in [-0.1, -0.05) is 23.4 Å². The van der Waals surface area contributed by atoms with Crippen LogP contribution < -0.4 is 0 Å². The second kappa shape index (κ2) is 7.15. The summed E-state index contributed by atoms with van der Waals surface area (Å²) < 4.78 is 6.94.